The van der Waals surface area contributed by atoms with Crippen molar-refractivity contribution in [3.63, 3.8) is 0 Å². The molecule has 0 radical (unpaired) electrons. The van der Waals surface area contributed by atoms with Gasteiger partial charge in [-0.2, -0.15) is 0 Å². The van der Waals surface area contributed by atoms with Crippen molar-refractivity contribution < 1.29 is 9.32 Å². The minimum atomic E-state index is 0.115. The summed E-state index contributed by atoms with van der Waals surface area (Å²) < 4.78 is 5.20. The number of carbonyl (C=O) groups excluding carboxylic acids is 1. The van der Waals surface area contributed by atoms with E-state index in [-0.39, 0.29) is 11.8 Å². The number of aryl methyl sites for hydroxylation is 3. The van der Waals surface area contributed by atoms with Gasteiger partial charge in [-0.15, -0.1) is 10.2 Å². The van der Waals surface area contributed by atoms with Crippen molar-refractivity contribution in [1.82, 2.24) is 25.2 Å². The van der Waals surface area contributed by atoms with Gasteiger partial charge in [0.15, 0.2) is 0 Å². The molecular weight excluding hydrogens is 400 g/mol. The molecule has 1 atom stereocenters. The smallest absolute Gasteiger partial charge is 0.227 e. The van der Waals surface area contributed by atoms with Gasteiger partial charge in [-0.3, -0.25) is 4.79 Å². The second kappa shape index (κ2) is 8.91. The van der Waals surface area contributed by atoms with E-state index >= 15 is 0 Å². The van der Waals surface area contributed by atoms with Crippen LogP contribution in [0.25, 0.3) is 0 Å². The van der Waals surface area contributed by atoms with E-state index in [1.165, 1.54) is 11.3 Å². The number of carbonyl (C=O) groups is 1. The van der Waals surface area contributed by atoms with E-state index in [2.05, 4.69) is 27.6 Å². The molecule has 0 aromatic carbocycles. The predicted octanol–water partition coefficient (Wildman–Crippen LogP) is 3.79. The van der Waals surface area contributed by atoms with E-state index < -0.39 is 0 Å². The Morgan fingerprint density at radius 3 is 2.93 bits per heavy atom. The molecule has 0 bridgehead atoms. The van der Waals surface area contributed by atoms with E-state index in [0.717, 1.165) is 64.5 Å². The first-order valence-corrected chi connectivity index (χ1v) is 11.1. The number of aromatic nitrogens is 4. The van der Waals surface area contributed by atoms with Crippen molar-refractivity contribution in [3.05, 3.63) is 45.9 Å². The molecule has 0 spiro atoms. The van der Waals surface area contributed by atoms with Crippen molar-refractivity contribution in [2.75, 3.05) is 18.4 Å². The topological polar surface area (TPSA) is 97.0 Å². The summed E-state index contributed by atoms with van der Waals surface area (Å²) in [5.41, 5.74) is 2.68. The van der Waals surface area contributed by atoms with E-state index in [1.807, 2.05) is 36.9 Å². The number of nitrogens with zero attached hydrogens (tertiary/aromatic N) is 5. The second-order valence-electron chi connectivity index (χ2n) is 7.59. The lowest BCUT2D eigenvalue weighted by atomic mass is 9.93. The van der Waals surface area contributed by atoms with Gasteiger partial charge >= 0.3 is 0 Å². The molecule has 3 aromatic heterocycles. The number of hydrogen-bond donors (Lipinski definition) is 1. The summed E-state index contributed by atoms with van der Waals surface area (Å²) in [6.07, 6.45) is 3.18. The Labute approximate surface area is 179 Å². The molecule has 4 heterocycles. The van der Waals surface area contributed by atoms with Crippen LogP contribution in [0.5, 0.6) is 0 Å². The highest BCUT2D eigenvalue weighted by molar-refractivity contribution is 7.15. The Morgan fingerprint density at radius 1 is 1.33 bits per heavy atom. The van der Waals surface area contributed by atoms with Crippen LogP contribution >= 0.6 is 11.3 Å². The zero-order valence-electron chi connectivity index (χ0n) is 17.5. The molecule has 30 heavy (non-hydrogen) atoms. The molecule has 9 heteroatoms. The lowest BCUT2D eigenvalue weighted by Gasteiger charge is -2.32. The zero-order chi connectivity index (χ0) is 21.1. The quantitative estimate of drug-likeness (QED) is 0.640. The van der Waals surface area contributed by atoms with Gasteiger partial charge in [-0.25, -0.2) is 4.98 Å². The van der Waals surface area contributed by atoms with Crippen LogP contribution in [0.1, 0.15) is 53.4 Å². The molecule has 0 saturated carbocycles. The lowest BCUT2D eigenvalue weighted by Crippen LogP contribution is -2.40. The summed E-state index contributed by atoms with van der Waals surface area (Å²) in [5.74, 6) is 1.81. The largest absolute Gasteiger partial charge is 0.361 e. The number of rotatable bonds is 6. The van der Waals surface area contributed by atoms with Gasteiger partial charge in [0.1, 0.15) is 16.6 Å². The third kappa shape index (κ3) is 4.51. The van der Waals surface area contributed by atoms with Gasteiger partial charge in [-0.05, 0) is 45.2 Å². The molecule has 1 aliphatic heterocycles. The fourth-order valence-corrected chi connectivity index (χ4v) is 4.45. The number of pyridine rings is 1. The Balaban J connectivity index is 1.43. The van der Waals surface area contributed by atoms with E-state index in [9.17, 15) is 4.79 Å². The SMILES string of the molecule is CCc1nnc(Nc2cccc([C@@H]3CCCN(C(=O)Cc4c(C)noc4C)C3)n2)s1. The van der Waals surface area contributed by atoms with Crippen LogP contribution in [-0.2, 0) is 17.6 Å². The van der Waals surface area contributed by atoms with Crippen LogP contribution in [0.2, 0.25) is 0 Å². The molecule has 1 aliphatic rings. The average Bonchev–Trinajstić information content (AvgIpc) is 3.35. The van der Waals surface area contributed by atoms with Crippen molar-refractivity contribution in [1.29, 1.82) is 0 Å². The van der Waals surface area contributed by atoms with Gasteiger partial charge in [-0.1, -0.05) is 29.5 Å². The van der Waals surface area contributed by atoms with Gasteiger partial charge in [0.05, 0.1) is 12.1 Å². The third-order valence-corrected chi connectivity index (χ3v) is 6.46. The maximum Gasteiger partial charge on any atom is 0.227 e. The van der Waals surface area contributed by atoms with E-state index in [0.29, 0.717) is 13.0 Å². The maximum atomic E-state index is 12.9. The van der Waals surface area contributed by atoms with Crippen LogP contribution in [0.3, 0.4) is 0 Å². The molecule has 0 aliphatic carbocycles. The molecule has 1 saturated heterocycles. The number of piperidine rings is 1. The van der Waals surface area contributed by atoms with Crippen LogP contribution < -0.4 is 5.32 Å². The Morgan fingerprint density at radius 2 is 2.20 bits per heavy atom. The Bertz CT molecular complexity index is 1010. The van der Waals surface area contributed by atoms with Crippen LogP contribution in [0, 0.1) is 13.8 Å². The third-order valence-electron chi connectivity index (χ3n) is 5.48. The fraction of sp³-hybridized carbons (Fsp3) is 0.476. The van der Waals surface area contributed by atoms with Gasteiger partial charge in [0.25, 0.3) is 0 Å². The molecular formula is C21H26N6O2S. The standard InChI is InChI=1S/C21H26N6O2S/c1-4-19-24-25-21(30-19)23-18-9-5-8-17(22-18)15-7-6-10-27(12-15)20(28)11-16-13(2)26-29-14(16)3/h5,8-9,15H,4,6-7,10-12H2,1-3H3,(H,22,23,25)/t15-/m1/s1. The zero-order valence-corrected chi connectivity index (χ0v) is 18.3. The molecule has 1 N–H and O–H groups in total. The van der Waals surface area contributed by atoms with Crippen LogP contribution in [-0.4, -0.2) is 44.2 Å². The van der Waals surface area contributed by atoms with Crippen LogP contribution in [0.15, 0.2) is 22.7 Å². The highest BCUT2D eigenvalue weighted by Gasteiger charge is 2.27. The number of nitrogens with one attached hydrogen (secondary N) is 1. The monoisotopic (exact) mass is 426 g/mol. The Kier molecular flexibility index (Phi) is 6.08. The first-order valence-electron chi connectivity index (χ1n) is 10.3. The molecule has 8 nitrogen and oxygen atoms in total. The molecule has 4 rings (SSSR count). The normalized spacial score (nSPS) is 16.6. The minimum Gasteiger partial charge on any atom is -0.361 e. The van der Waals surface area contributed by atoms with E-state index in [4.69, 9.17) is 9.51 Å². The first kappa shape index (κ1) is 20.5. The predicted molar refractivity (Wildman–Crippen MR) is 115 cm³/mol. The number of likely N-dealkylation sites (tertiary alicyclic amines) is 1. The summed E-state index contributed by atoms with van der Waals surface area (Å²) in [6, 6.07) is 5.96. The number of anilines is 2. The second-order valence-corrected chi connectivity index (χ2v) is 8.65. The highest BCUT2D eigenvalue weighted by Crippen LogP contribution is 2.28. The van der Waals surface area contributed by atoms with Crippen LogP contribution in [0.4, 0.5) is 10.9 Å². The summed E-state index contributed by atoms with van der Waals surface area (Å²) >= 11 is 1.54. The van der Waals surface area contributed by atoms with Gasteiger partial charge in [0.2, 0.25) is 11.0 Å². The molecule has 1 amide bonds. The van der Waals surface area contributed by atoms with Crippen molar-refractivity contribution >= 4 is 28.2 Å². The van der Waals surface area contributed by atoms with Crippen molar-refractivity contribution in [2.45, 2.75) is 52.4 Å². The first-order chi connectivity index (χ1) is 14.5. The minimum absolute atomic E-state index is 0.115. The van der Waals surface area contributed by atoms with Gasteiger partial charge < -0.3 is 14.7 Å². The van der Waals surface area contributed by atoms with Crippen molar-refractivity contribution in [3.8, 4) is 0 Å². The van der Waals surface area contributed by atoms with Crippen molar-refractivity contribution in [2.24, 2.45) is 0 Å². The number of hydrogen-bond acceptors (Lipinski definition) is 8. The van der Waals surface area contributed by atoms with E-state index in [1.54, 1.807) is 0 Å². The van der Waals surface area contributed by atoms with Gasteiger partial charge in [0, 0.05) is 30.3 Å². The summed E-state index contributed by atoms with van der Waals surface area (Å²) in [7, 11) is 0. The molecule has 1 fully saturated rings. The lowest BCUT2D eigenvalue weighted by molar-refractivity contribution is -0.131. The molecule has 158 valence electrons. The average molecular weight is 427 g/mol. The highest BCUT2D eigenvalue weighted by atomic mass is 32.1. The number of amides is 1. The molecule has 0 unspecified atom stereocenters. The summed E-state index contributed by atoms with van der Waals surface area (Å²) in [5, 5.41) is 17.2. The fourth-order valence-electron chi connectivity index (χ4n) is 3.77. The maximum absolute atomic E-state index is 12.9. The summed E-state index contributed by atoms with van der Waals surface area (Å²) in [6.45, 7) is 7.25. The molecule has 3 aromatic rings. The summed E-state index contributed by atoms with van der Waals surface area (Å²) in [4.78, 5) is 19.6. The Hall–Kier alpha value is -2.81.